The summed E-state index contributed by atoms with van der Waals surface area (Å²) < 4.78 is 35.5. The van der Waals surface area contributed by atoms with Crippen LogP contribution in [0.4, 0.5) is 18.0 Å². The lowest BCUT2D eigenvalue weighted by Gasteiger charge is -2.23. The normalized spacial score (nSPS) is 11.5. The van der Waals surface area contributed by atoms with Crippen LogP contribution in [0.15, 0.2) is 0 Å². The Morgan fingerprint density at radius 1 is 1.37 bits per heavy atom. The van der Waals surface area contributed by atoms with Crippen LogP contribution < -0.4 is 5.32 Å². The lowest BCUT2D eigenvalue weighted by atomic mass is 10.2. The minimum atomic E-state index is -4.33. The number of carbonyl (C=O) groups excluding carboxylic acids is 1. The average Bonchev–Trinajstić information content (AvgIpc) is 2.20. The molecule has 0 aliphatic carbocycles. The van der Waals surface area contributed by atoms with E-state index in [0.717, 1.165) is 4.90 Å². The molecule has 0 rings (SSSR count). The van der Waals surface area contributed by atoms with Gasteiger partial charge in [-0.15, -0.1) is 0 Å². The van der Waals surface area contributed by atoms with Crippen LogP contribution in [0, 0.1) is 5.92 Å². The standard InChI is InChI=1S/C10H17F3N2O3S/c1-7(2)5-15(6-8(16)17)9(18)14-3-4-19-10(11,12)13/h7H,3-6H2,1-2H3,(H,14,18)(H,16,17). The first-order valence-corrected chi connectivity index (χ1v) is 6.55. The van der Waals surface area contributed by atoms with Gasteiger partial charge in [0, 0.05) is 18.8 Å². The van der Waals surface area contributed by atoms with Gasteiger partial charge < -0.3 is 15.3 Å². The van der Waals surface area contributed by atoms with Crippen molar-refractivity contribution in [1.29, 1.82) is 0 Å². The van der Waals surface area contributed by atoms with E-state index in [1.54, 1.807) is 0 Å². The number of carboxylic acid groups (broad SMARTS) is 1. The van der Waals surface area contributed by atoms with E-state index in [9.17, 15) is 22.8 Å². The highest BCUT2D eigenvalue weighted by Crippen LogP contribution is 2.29. The van der Waals surface area contributed by atoms with E-state index in [1.807, 2.05) is 13.8 Å². The van der Waals surface area contributed by atoms with E-state index >= 15 is 0 Å². The fourth-order valence-electron chi connectivity index (χ4n) is 1.26. The molecule has 0 fully saturated rings. The third-order valence-electron chi connectivity index (χ3n) is 1.84. The van der Waals surface area contributed by atoms with E-state index in [2.05, 4.69) is 5.32 Å². The van der Waals surface area contributed by atoms with Crippen LogP contribution in [0.5, 0.6) is 0 Å². The highest BCUT2D eigenvalue weighted by molar-refractivity contribution is 8.00. The molecule has 0 aromatic heterocycles. The van der Waals surface area contributed by atoms with Crippen molar-refractivity contribution in [3.8, 4) is 0 Å². The first-order chi connectivity index (χ1) is 8.61. The van der Waals surface area contributed by atoms with Crippen LogP contribution in [0.2, 0.25) is 0 Å². The van der Waals surface area contributed by atoms with Gasteiger partial charge in [-0.2, -0.15) is 13.2 Å². The van der Waals surface area contributed by atoms with E-state index in [4.69, 9.17) is 5.11 Å². The number of nitrogens with one attached hydrogen (secondary N) is 1. The number of nitrogens with zero attached hydrogens (tertiary/aromatic N) is 1. The zero-order valence-corrected chi connectivity index (χ0v) is 11.5. The Kier molecular flexibility index (Phi) is 7.65. The second kappa shape index (κ2) is 8.13. The molecule has 2 amide bonds. The summed E-state index contributed by atoms with van der Waals surface area (Å²) >= 11 is -0.234. The lowest BCUT2D eigenvalue weighted by molar-refractivity contribution is -0.137. The molecular formula is C10H17F3N2O3S. The van der Waals surface area contributed by atoms with Gasteiger partial charge in [-0.1, -0.05) is 13.8 Å². The number of carboxylic acids is 1. The van der Waals surface area contributed by atoms with Crippen LogP contribution in [0.1, 0.15) is 13.8 Å². The monoisotopic (exact) mass is 302 g/mol. The van der Waals surface area contributed by atoms with Gasteiger partial charge in [0.25, 0.3) is 0 Å². The molecule has 0 atom stereocenters. The third-order valence-corrected chi connectivity index (χ3v) is 2.58. The first kappa shape index (κ1) is 17.9. The van der Waals surface area contributed by atoms with Gasteiger partial charge >= 0.3 is 17.5 Å². The number of rotatable bonds is 7. The maximum absolute atomic E-state index is 11.8. The van der Waals surface area contributed by atoms with Gasteiger partial charge in [-0.3, -0.25) is 4.79 Å². The van der Waals surface area contributed by atoms with Gasteiger partial charge in [0.05, 0.1) is 0 Å². The van der Waals surface area contributed by atoms with Crippen molar-refractivity contribution in [3.63, 3.8) is 0 Å². The number of hydrogen-bond acceptors (Lipinski definition) is 3. The lowest BCUT2D eigenvalue weighted by Crippen LogP contribution is -2.45. The molecule has 0 radical (unpaired) electrons. The summed E-state index contributed by atoms with van der Waals surface area (Å²) in [5, 5.41) is 10.9. The Morgan fingerprint density at radius 3 is 2.37 bits per heavy atom. The van der Waals surface area contributed by atoms with E-state index in [-0.39, 0.29) is 36.5 Å². The van der Waals surface area contributed by atoms with Crippen LogP contribution in [0.3, 0.4) is 0 Å². The molecule has 19 heavy (non-hydrogen) atoms. The summed E-state index contributed by atoms with van der Waals surface area (Å²) in [4.78, 5) is 23.2. The fourth-order valence-corrected chi connectivity index (χ4v) is 1.70. The number of thioether (sulfide) groups is 1. The van der Waals surface area contributed by atoms with E-state index in [0.29, 0.717) is 0 Å². The topological polar surface area (TPSA) is 69.6 Å². The van der Waals surface area contributed by atoms with E-state index in [1.165, 1.54) is 0 Å². The Morgan fingerprint density at radius 2 is 1.95 bits per heavy atom. The second-order valence-electron chi connectivity index (χ2n) is 4.19. The Hall–Kier alpha value is -1.12. The molecule has 0 aliphatic heterocycles. The molecule has 0 aromatic rings. The molecule has 9 heteroatoms. The summed E-state index contributed by atoms with van der Waals surface area (Å²) in [5.74, 6) is -1.41. The fraction of sp³-hybridized carbons (Fsp3) is 0.800. The average molecular weight is 302 g/mol. The van der Waals surface area contributed by atoms with Gasteiger partial charge in [-0.25, -0.2) is 4.79 Å². The second-order valence-corrected chi connectivity index (χ2v) is 5.35. The number of urea groups is 1. The molecule has 0 aliphatic rings. The number of aliphatic carboxylic acids is 1. The predicted octanol–water partition coefficient (Wildman–Crippen LogP) is 1.99. The molecule has 0 spiro atoms. The molecule has 0 unspecified atom stereocenters. The minimum absolute atomic E-state index is 0.0645. The van der Waals surface area contributed by atoms with E-state index < -0.39 is 24.1 Å². The van der Waals surface area contributed by atoms with Gasteiger partial charge in [0.2, 0.25) is 0 Å². The van der Waals surface area contributed by atoms with Crippen LogP contribution in [-0.2, 0) is 4.79 Å². The smallest absolute Gasteiger partial charge is 0.441 e. The third kappa shape index (κ3) is 10.5. The van der Waals surface area contributed by atoms with Crippen molar-refractivity contribution in [2.45, 2.75) is 19.4 Å². The summed E-state index contributed by atoms with van der Waals surface area (Å²) in [5.41, 5.74) is -4.33. The van der Waals surface area contributed by atoms with Crippen LogP contribution in [0.25, 0.3) is 0 Å². The first-order valence-electron chi connectivity index (χ1n) is 5.57. The molecule has 112 valence electrons. The van der Waals surface area contributed by atoms with Crippen LogP contribution in [-0.4, -0.2) is 52.9 Å². The maximum atomic E-state index is 11.8. The zero-order chi connectivity index (χ0) is 15.1. The number of carbonyl (C=O) groups is 2. The Labute approximate surface area is 113 Å². The molecule has 0 aromatic carbocycles. The van der Waals surface area contributed by atoms with Crippen molar-refractivity contribution in [1.82, 2.24) is 10.2 Å². The molecular weight excluding hydrogens is 285 g/mol. The van der Waals surface area contributed by atoms with Crippen molar-refractivity contribution < 1.29 is 27.9 Å². The molecule has 5 nitrogen and oxygen atoms in total. The predicted molar refractivity (Wildman–Crippen MR) is 66.0 cm³/mol. The summed E-state index contributed by atoms with van der Waals surface area (Å²) in [7, 11) is 0. The van der Waals surface area contributed by atoms with Crippen molar-refractivity contribution >= 4 is 23.8 Å². The summed E-state index contributed by atoms with van der Waals surface area (Å²) in [6.45, 7) is 3.20. The van der Waals surface area contributed by atoms with Crippen molar-refractivity contribution in [3.05, 3.63) is 0 Å². The molecule has 0 bridgehead atoms. The maximum Gasteiger partial charge on any atom is 0.441 e. The molecule has 2 N–H and O–H groups in total. The number of halogens is 3. The summed E-state index contributed by atoms with van der Waals surface area (Å²) in [6, 6.07) is -0.668. The largest absolute Gasteiger partial charge is 0.480 e. The number of hydrogen-bond donors (Lipinski definition) is 2. The van der Waals surface area contributed by atoms with Gasteiger partial charge in [0.15, 0.2) is 0 Å². The molecule has 0 saturated carbocycles. The van der Waals surface area contributed by atoms with Gasteiger partial charge in [-0.05, 0) is 17.7 Å². The molecule has 0 saturated heterocycles. The Balaban J connectivity index is 4.14. The molecule has 0 heterocycles. The highest BCUT2D eigenvalue weighted by atomic mass is 32.2. The quantitative estimate of drug-likeness (QED) is 0.706. The SMILES string of the molecule is CC(C)CN(CC(=O)O)C(=O)NCCSC(F)(F)F. The summed E-state index contributed by atoms with van der Waals surface area (Å²) in [6.07, 6.45) is 0. The zero-order valence-electron chi connectivity index (χ0n) is 10.7. The Bertz CT molecular complexity index is 311. The highest BCUT2D eigenvalue weighted by Gasteiger charge is 2.27. The van der Waals surface area contributed by atoms with Gasteiger partial charge in [0.1, 0.15) is 6.54 Å². The number of alkyl halides is 3. The van der Waals surface area contributed by atoms with Crippen molar-refractivity contribution in [2.75, 3.05) is 25.4 Å². The number of amides is 2. The van der Waals surface area contributed by atoms with Crippen molar-refractivity contribution in [2.24, 2.45) is 5.92 Å². The van der Waals surface area contributed by atoms with Crippen LogP contribution >= 0.6 is 11.8 Å². The minimum Gasteiger partial charge on any atom is -0.480 e.